The standard InChI is InChI=1S/C12H21BrN2O/c1-14-7-2-3-10-9-15(8-5-11(10)14)12(16)4-6-13/h10-11H,2-9H2,1H3. The van der Waals surface area contributed by atoms with Crippen molar-refractivity contribution in [2.45, 2.75) is 31.7 Å². The molecule has 2 rings (SSSR count). The first-order valence-corrected chi connectivity index (χ1v) is 7.38. The van der Waals surface area contributed by atoms with Crippen LogP contribution in [0.1, 0.15) is 25.7 Å². The number of fused-ring (bicyclic) bond motifs is 1. The Kier molecular flexibility index (Phi) is 4.25. The molecule has 16 heavy (non-hydrogen) atoms. The molecule has 1 amide bonds. The van der Waals surface area contributed by atoms with E-state index >= 15 is 0 Å². The summed E-state index contributed by atoms with van der Waals surface area (Å²) in [6, 6.07) is 0.724. The molecule has 3 nitrogen and oxygen atoms in total. The summed E-state index contributed by atoms with van der Waals surface area (Å²) in [6.45, 7) is 3.18. The molecule has 0 bridgehead atoms. The number of carbonyl (C=O) groups is 1. The van der Waals surface area contributed by atoms with Gasteiger partial charge in [-0.3, -0.25) is 4.79 Å². The van der Waals surface area contributed by atoms with Crippen molar-refractivity contribution in [3.8, 4) is 0 Å². The number of likely N-dealkylation sites (tertiary alicyclic amines) is 2. The molecule has 2 heterocycles. The third kappa shape index (κ3) is 2.59. The zero-order valence-corrected chi connectivity index (χ0v) is 11.6. The first-order chi connectivity index (χ1) is 7.72. The molecular formula is C12H21BrN2O. The fraction of sp³-hybridized carbons (Fsp3) is 0.917. The third-order valence-corrected chi connectivity index (χ3v) is 4.40. The van der Waals surface area contributed by atoms with E-state index in [-0.39, 0.29) is 0 Å². The predicted octanol–water partition coefficient (Wildman–Crippen LogP) is 1.71. The van der Waals surface area contributed by atoms with E-state index in [1.165, 1.54) is 19.4 Å². The van der Waals surface area contributed by atoms with Crippen molar-refractivity contribution in [3.63, 3.8) is 0 Å². The molecule has 2 fully saturated rings. The normalized spacial score (nSPS) is 31.2. The zero-order valence-electron chi connectivity index (χ0n) is 9.99. The summed E-state index contributed by atoms with van der Waals surface area (Å²) < 4.78 is 0. The minimum absolute atomic E-state index is 0.323. The Balaban J connectivity index is 1.92. The van der Waals surface area contributed by atoms with Crippen LogP contribution >= 0.6 is 15.9 Å². The molecule has 2 aliphatic heterocycles. The summed E-state index contributed by atoms with van der Waals surface area (Å²) in [5.41, 5.74) is 0. The van der Waals surface area contributed by atoms with Crippen LogP contribution in [0.2, 0.25) is 0 Å². The van der Waals surface area contributed by atoms with Crippen LogP contribution < -0.4 is 0 Å². The smallest absolute Gasteiger partial charge is 0.223 e. The van der Waals surface area contributed by atoms with Gasteiger partial charge in [-0.25, -0.2) is 0 Å². The number of piperidine rings is 2. The number of hydrogen-bond acceptors (Lipinski definition) is 2. The van der Waals surface area contributed by atoms with E-state index in [9.17, 15) is 4.79 Å². The highest BCUT2D eigenvalue weighted by molar-refractivity contribution is 9.09. The van der Waals surface area contributed by atoms with Gasteiger partial charge in [-0.1, -0.05) is 15.9 Å². The van der Waals surface area contributed by atoms with Crippen molar-refractivity contribution in [1.29, 1.82) is 0 Å². The second-order valence-electron chi connectivity index (χ2n) is 5.02. The van der Waals surface area contributed by atoms with Gasteiger partial charge in [0.2, 0.25) is 5.91 Å². The van der Waals surface area contributed by atoms with Crippen molar-refractivity contribution in [2.75, 3.05) is 32.0 Å². The van der Waals surface area contributed by atoms with E-state index < -0.39 is 0 Å². The maximum Gasteiger partial charge on any atom is 0.223 e. The highest BCUT2D eigenvalue weighted by Crippen LogP contribution is 2.29. The first kappa shape index (κ1) is 12.4. The first-order valence-electron chi connectivity index (χ1n) is 6.26. The molecule has 0 saturated carbocycles. The Bertz CT molecular complexity index is 259. The van der Waals surface area contributed by atoms with Crippen LogP contribution in [-0.4, -0.2) is 53.8 Å². The van der Waals surface area contributed by atoms with E-state index in [1.807, 2.05) is 0 Å². The van der Waals surface area contributed by atoms with Gasteiger partial charge in [0.25, 0.3) is 0 Å². The lowest BCUT2D eigenvalue weighted by molar-refractivity contribution is -0.134. The van der Waals surface area contributed by atoms with E-state index in [4.69, 9.17) is 0 Å². The number of carbonyl (C=O) groups excluding carboxylic acids is 1. The minimum atomic E-state index is 0.323. The molecule has 0 aromatic carbocycles. The van der Waals surface area contributed by atoms with Gasteiger partial charge in [0.05, 0.1) is 0 Å². The molecular weight excluding hydrogens is 268 g/mol. The summed E-state index contributed by atoms with van der Waals surface area (Å²) in [6.07, 6.45) is 4.40. The number of halogens is 1. The Morgan fingerprint density at radius 3 is 2.94 bits per heavy atom. The van der Waals surface area contributed by atoms with E-state index in [0.29, 0.717) is 18.2 Å². The van der Waals surface area contributed by atoms with Gasteiger partial charge in [-0.05, 0) is 38.8 Å². The zero-order chi connectivity index (χ0) is 11.5. The summed E-state index contributed by atoms with van der Waals surface area (Å²) in [5.74, 6) is 1.04. The van der Waals surface area contributed by atoms with Crippen LogP contribution in [-0.2, 0) is 4.79 Å². The molecule has 2 atom stereocenters. The van der Waals surface area contributed by atoms with Gasteiger partial charge in [0.1, 0.15) is 0 Å². The van der Waals surface area contributed by atoms with Crippen molar-refractivity contribution in [2.24, 2.45) is 5.92 Å². The average molecular weight is 289 g/mol. The molecule has 2 unspecified atom stereocenters. The molecule has 0 spiro atoms. The predicted molar refractivity (Wildman–Crippen MR) is 68.8 cm³/mol. The molecule has 2 aliphatic rings. The van der Waals surface area contributed by atoms with Crippen molar-refractivity contribution in [1.82, 2.24) is 9.80 Å². The van der Waals surface area contributed by atoms with Gasteiger partial charge in [0.15, 0.2) is 0 Å². The largest absolute Gasteiger partial charge is 0.342 e. The maximum absolute atomic E-state index is 11.8. The molecule has 4 heteroatoms. The second kappa shape index (κ2) is 5.50. The number of hydrogen-bond donors (Lipinski definition) is 0. The number of amides is 1. The molecule has 0 aliphatic carbocycles. The minimum Gasteiger partial charge on any atom is -0.342 e. The topological polar surface area (TPSA) is 23.6 Å². The number of alkyl halides is 1. The maximum atomic E-state index is 11.8. The van der Waals surface area contributed by atoms with Gasteiger partial charge < -0.3 is 9.80 Å². The van der Waals surface area contributed by atoms with E-state index in [2.05, 4.69) is 32.8 Å². The van der Waals surface area contributed by atoms with Crippen LogP contribution in [0.5, 0.6) is 0 Å². The summed E-state index contributed by atoms with van der Waals surface area (Å²) >= 11 is 3.34. The quantitative estimate of drug-likeness (QED) is 0.723. The Hall–Kier alpha value is -0.0900. The van der Waals surface area contributed by atoms with Crippen molar-refractivity contribution in [3.05, 3.63) is 0 Å². The summed E-state index contributed by atoms with van der Waals surface area (Å²) in [4.78, 5) is 16.4. The molecule has 2 saturated heterocycles. The van der Waals surface area contributed by atoms with Crippen LogP contribution in [0, 0.1) is 5.92 Å². The number of nitrogens with zero attached hydrogens (tertiary/aromatic N) is 2. The van der Waals surface area contributed by atoms with Crippen LogP contribution in [0.15, 0.2) is 0 Å². The van der Waals surface area contributed by atoms with Gasteiger partial charge in [0, 0.05) is 30.9 Å². The van der Waals surface area contributed by atoms with Crippen molar-refractivity contribution >= 4 is 21.8 Å². The fourth-order valence-electron chi connectivity index (χ4n) is 3.12. The fourth-order valence-corrected chi connectivity index (χ4v) is 3.46. The Morgan fingerprint density at radius 2 is 2.19 bits per heavy atom. The second-order valence-corrected chi connectivity index (χ2v) is 5.81. The number of rotatable bonds is 2. The lowest BCUT2D eigenvalue weighted by Crippen LogP contribution is -2.53. The SMILES string of the molecule is CN1CCCC2CN(C(=O)CCBr)CCC21. The molecule has 92 valence electrons. The molecule has 0 aromatic heterocycles. The average Bonchev–Trinajstić information content (AvgIpc) is 2.29. The third-order valence-electron chi connectivity index (χ3n) is 4.01. The lowest BCUT2D eigenvalue weighted by atomic mass is 9.84. The van der Waals surface area contributed by atoms with Gasteiger partial charge >= 0.3 is 0 Å². The van der Waals surface area contributed by atoms with Crippen LogP contribution in [0.4, 0.5) is 0 Å². The van der Waals surface area contributed by atoms with Crippen LogP contribution in [0.25, 0.3) is 0 Å². The Morgan fingerprint density at radius 1 is 1.38 bits per heavy atom. The van der Waals surface area contributed by atoms with Crippen LogP contribution in [0.3, 0.4) is 0 Å². The highest BCUT2D eigenvalue weighted by Gasteiger charge is 2.35. The van der Waals surface area contributed by atoms with Crippen molar-refractivity contribution < 1.29 is 4.79 Å². The highest BCUT2D eigenvalue weighted by atomic mass is 79.9. The van der Waals surface area contributed by atoms with E-state index in [1.54, 1.807) is 0 Å². The molecule has 0 N–H and O–H groups in total. The van der Waals surface area contributed by atoms with Gasteiger partial charge in [-0.2, -0.15) is 0 Å². The van der Waals surface area contributed by atoms with E-state index in [0.717, 1.165) is 30.9 Å². The van der Waals surface area contributed by atoms with Gasteiger partial charge in [-0.15, -0.1) is 0 Å². The monoisotopic (exact) mass is 288 g/mol. The lowest BCUT2D eigenvalue weighted by Gasteiger charge is -2.46. The Labute approximate surface area is 106 Å². The molecule has 0 aromatic rings. The summed E-state index contributed by atoms with van der Waals surface area (Å²) in [7, 11) is 2.23. The summed E-state index contributed by atoms with van der Waals surface area (Å²) in [5, 5.41) is 0.788. The molecule has 0 radical (unpaired) electrons.